The zero-order valence-corrected chi connectivity index (χ0v) is 17.4. The highest BCUT2D eigenvalue weighted by molar-refractivity contribution is 6.02. The molecule has 2 aliphatic rings. The number of rotatable bonds is 8. The Balaban J connectivity index is 1.42. The van der Waals surface area contributed by atoms with Crippen LogP contribution >= 0.6 is 0 Å². The van der Waals surface area contributed by atoms with Crippen molar-refractivity contribution in [3.05, 3.63) is 35.4 Å². The summed E-state index contributed by atoms with van der Waals surface area (Å²) >= 11 is 0. The minimum Gasteiger partial charge on any atom is -0.478 e. The van der Waals surface area contributed by atoms with Crippen LogP contribution in [0.2, 0.25) is 0 Å². The molecule has 3 rings (SSSR count). The van der Waals surface area contributed by atoms with Gasteiger partial charge in [0.1, 0.15) is 6.10 Å². The first-order valence-corrected chi connectivity index (χ1v) is 10.5. The van der Waals surface area contributed by atoms with Gasteiger partial charge in [-0.2, -0.15) is 0 Å². The first kappa shape index (κ1) is 21.3. The zero-order valence-electron chi connectivity index (χ0n) is 17.4. The second kappa shape index (κ2) is 10.4. The average Bonchev–Trinajstić information content (AvgIpc) is 3.18. The van der Waals surface area contributed by atoms with Crippen LogP contribution < -0.4 is 0 Å². The van der Waals surface area contributed by atoms with Gasteiger partial charge in [-0.1, -0.05) is 17.3 Å². The minimum atomic E-state index is -0.134. The first-order valence-electron chi connectivity index (χ1n) is 10.5. The molecule has 158 valence electrons. The second-order valence-electron chi connectivity index (χ2n) is 7.57. The number of carbonyl (C=O) groups excluding carboxylic acids is 1. The molecule has 0 saturated carbocycles. The van der Waals surface area contributed by atoms with E-state index in [4.69, 9.17) is 19.7 Å². The molecule has 1 fully saturated rings. The highest BCUT2D eigenvalue weighted by Crippen LogP contribution is 2.28. The number of hydrogen-bond acceptors (Lipinski definition) is 7. The largest absolute Gasteiger partial charge is 0.478 e. The quantitative estimate of drug-likeness (QED) is 0.411. The molecule has 7 heteroatoms. The topological polar surface area (TPSA) is 84.2 Å². The van der Waals surface area contributed by atoms with Gasteiger partial charge in [-0.05, 0) is 69.8 Å². The first-order chi connectivity index (χ1) is 14.1. The van der Waals surface area contributed by atoms with Gasteiger partial charge in [-0.25, -0.2) is 0 Å². The molecule has 29 heavy (non-hydrogen) atoms. The highest BCUT2D eigenvalue weighted by Gasteiger charge is 2.28. The molecule has 0 aromatic heterocycles. The summed E-state index contributed by atoms with van der Waals surface area (Å²) in [6.07, 6.45) is 4.07. The van der Waals surface area contributed by atoms with Gasteiger partial charge in [0, 0.05) is 12.0 Å². The fraction of sp³-hybridized carbons (Fsp3) is 0.591. The Labute approximate surface area is 172 Å². The van der Waals surface area contributed by atoms with Gasteiger partial charge in [0.15, 0.2) is 0 Å². The number of ether oxygens (including phenoxy) is 2. The van der Waals surface area contributed by atoms with E-state index in [-0.39, 0.29) is 18.0 Å². The molecule has 1 N–H and O–H groups in total. The lowest BCUT2D eigenvalue weighted by Crippen LogP contribution is -2.38. The maximum atomic E-state index is 11.6. The molecule has 0 bridgehead atoms. The normalized spacial score (nSPS) is 20.1. The number of nitrogens with zero attached hydrogens (tertiary/aromatic N) is 2. The molecule has 0 amide bonds. The molecule has 1 unspecified atom stereocenters. The average molecular weight is 402 g/mol. The Hall–Kier alpha value is -2.41. The van der Waals surface area contributed by atoms with Gasteiger partial charge in [0.2, 0.25) is 5.90 Å². The van der Waals surface area contributed by atoms with Gasteiger partial charge in [0.05, 0.1) is 25.5 Å². The number of piperidine rings is 1. The van der Waals surface area contributed by atoms with E-state index in [1.807, 2.05) is 38.1 Å². The van der Waals surface area contributed by atoms with E-state index in [1.54, 1.807) is 0 Å². The van der Waals surface area contributed by atoms with Crippen molar-refractivity contribution in [2.75, 3.05) is 32.8 Å². The zero-order chi connectivity index (χ0) is 20.6. The summed E-state index contributed by atoms with van der Waals surface area (Å²) in [6, 6.07) is 7.73. The third-order valence-electron chi connectivity index (χ3n) is 5.46. The fourth-order valence-corrected chi connectivity index (χ4v) is 3.91. The summed E-state index contributed by atoms with van der Waals surface area (Å²) in [7, 11) is 0. The molecule has 2 aliphatic heterocycles. The molecular weight excluding hydrogens is 370 g/mol. The Bertz CT molecular complexity index is 724. The van der Waals surface area contributed by atoms with Gasteiger partial charge in [0.25, 0.3) is 0 Å². The van der Waals surface area contributed by atoms with Gasteiger partial charge in [-0.3, -0.25) is 15.1 Å². The van der Waals surface area contributed by atoms with Gasteiger partial charge in [-0.15, -0.1) is 0 Å². The number of benzene rings is 1. The number of likely N-dealkylation sites (tertiary alicyclic amines) is 1. The molecule has 0 aliphatic carbocycles. The lowest BCUT2D eigenvalue weighted by molar-refractivity contribution is -0.144. The van der Waals surface area contributed by atoms with Crippen molar-refractivity contribution in [3.8, 4) is 0 Å². The Kier molecular flexibility index (Phi) is 7.63. The van der Waals surface area contributed by atoms with Crippen LogP contribution in [0.3, 0.4) is 0 Å². The number of hydrogen-bond donors (Lipinski definition) is 1. The van der Waals surface area contributed by atoms with Crippen molar-refractivity contribution >= 4 is 17.6 Å². The molecule has 1 aromatic carbocycles. The molecule has 1 atom stereocenters. The lowest BCUT2D eigenvalue weighted by Gasteiger charge is -2.31. The summed E-state index contributed by atoms with van der Waals surface area (Å²) < 4.78 is 10.3. The highest BCUT2D eigenvalue weighted by atomic mass is 16.6. The lowest BCUT2D eigenvalue weighted by atomic mass is 9.89. The van der Waals surface area contributed by atoms with Crippen LogP contribution in [0.5, 0.6) is 0 Å². The van der Waals surface area contributed by atoms with Gasteiger partial charge >= 0.3 is 5.97 Å². The number of nitrogens with one attached hydrogen (secondary N) is 1. The molecular formula is C22H31N3O4. The van der Waals surface area contributed by atoms with Crippen molar-refractivity contribution in [2.24, 2.45) is 11.1 Å². The van der Waals surface area contributed by atoms with E-state index in [1.165, 1.54) is 0 Å². The third-order valence-corrected chi connectivity index (χ3v) is 5.46. The van der Waals surface area contributed by atoms with E-state index in [2.05, 4.69) is 10.1 Å². The van der Waals surface area contributed by atoms with E-state index in [9.17, 15) is 4.79 Å². The molecule has 7 nitrogen and oxygen atoms in total. The van der Waals surface area contributed by atoms with Crippen LogP contribution in [0.4, 0.5) is 0 Å². The van der Waals surface area contributed by atoms with E-state index >= 15 is 0 Å². The molecule has 1 aromatic rings. The van der Waals surface area contributed by atoms with Crippen LogP contribution in [0, 0.1) is 11.3 Å². The maximum absolute atomic E-state index is 11.6. The Morgan fingerprint density at radius 2 is 1.86 bits per heavy atom. The monoisotopic (exact) mass is 401 g/mol. The van der Waals surface area contributed by atoms with Crippen LogP contribution in [-0.2, 0) is 19.1 Å². The standard InChI is InChI=1S/C22H31N3O4/c1-3-27-21(26)15-25-11-9-16(10-12-25)13-19-14-20(24-29-19)17-5-7-18(8-6-17)22(23)28-4-2/h5-8,16,19,23H,3-4,9-15H2,1-2H3. The third kappa shape index (κ3) is 6.03. The van der Waals surface area contributed by atoms with Crippen molar-refractivity contribution in [3.63, 3.8) is 0 Å². The summed E-state index contributed by atoms with van der Waals surface area (Å²) in [5, 5.41) is 12.1. The maximum Gasteiger partial charge on any atom is 0.320 e. The fourth-order valence-electron chi connectivity index (χ4n) is 3.91. The SMILES string of the molecule is CCOC(=N)c1ccc(C2=NOC(CC3CCN(CC(=O)OCC)CC3)C2)cc1. The predicted octanol–water partition coefficient (Wildman–Crippen LogP) is 3.21. The predicted molar refractivity (Wildman–Crippen MR) is 111 cm³/mol. The Morgan fingerprint density at radius 1 is 1.17 bits per heavy atom. The van der Waals surface area contributed by atoms with Crippen molar-refractivity contribution in [1.29, 1.82) is 5.41 Å². The Morgan fingerprint density at radius 3 is 2.52 bits per heavy atom. The minimum absolute atomic E-state index is 0.119. The number of oxime groups is 1. The van der Waals surface area contributed by atoms with Crippen LogP contribution in [0.25, 0.3) is 0 Å². The summed E-state index contributed by atoms with van der Waals surface area (Å²) in [5.41, 5.74) is 2.76. The number of esters is 1. The van der Waals surface area contributed by atoms with Crippen LogP contribution in [0.1, 0.15) is 50.7 Å². The molecule has 0 spiro atoms. The summed E-state index contributed by atoms with van der Waals surface area (Å²) in [4.78, 5) is 19.5. The van der Waals surface area contributed by atoms with E-state index in [0.29, 0.717) is 25.7 Å². The van der Waals surface area contributed by atoms with Gasteiger partial charge < -0.3 is 14.3 Å². The second-order valence-corrected chi connectivity index (χ2v) is 7.57. The molecule has 1 saturated heterocycles. The van der Waals surface area contributed by atoms with E-state index < -0.39 is 0 Å². The van der Waals surface area contributed by atoms with E-state index in [0.717, 1.165) is 55.6 Å². The van der Waals surface area contributed by atoms with Crippen LogP contribution in [-0.4, -0.2) is 61.4 Å². The van der Waals surface area contributed by atoms with Crippen molar-refractivity contribution < 1.29 is 19.1 Å². The smallest absolute Gasteiger partial charge is 0.320 e. The summed E-state index contributed by atoms with van der Waals surface area (Å²) in [6.45, 7) is 6.89. The van der Waals surface area contributed by atoms with Crippen molar-refractivity contribution in [1.82, 2.24) is 4.90 Å². The number of carbonyl (C=O) groups is 1. The van der Waals surface area contributed by atoms with Crippen molar-refractivity contribution in [2.45, 2.75) is 45.6 Å². The van der Waals surface area contributed by atoms with Crippen LogP contribution in [0.15, 0.2) is 29.4 Å². The molecule has 0 radical (unpaired) electrons. The summed E-state index contributed by atoms with van der Waals surface area (Å²) in [5.74, 6) is 0.656. The molecule has 2 heterocycles.